The summed E-state index contributed by atoms with van der Waals surface area (Å²) in [6.07, 6.45) is 6.33. The van der Waals surface area contributed by atoms with E-state index in [1.807, 2.05) is 11.8 Å². The topological polar surface area (TPSA) is 69.6 Å². The normalized spacial score (nSPS) is 26.3. The number of carbonyl (C=O) groups excluding carboxylic acids is 1. The van der Waals surface area contributed by atoms with Crippen LogP contribution in [-0.2, 0) is 4.79 Å². The first kappa shape index (κ1) is 13.5. The first-order valence-corrected chi connectivity index (χ1v) is 7.69. The number of nitrogens with zero attached hydrogens (tertiary/aromatic N) is 1. The van der Waals surface area contributed by atoms with Crippen molar-refractivity contribution in [2.45, 2.75) is 42.9 Å². The van der Waals surface area contributed by atoms with Crippen molar-refractivity contribution in [1.82, 2.24) is 10.2 Å². The van der Waals surface area contributed by atoms with E-state index >= 15 is 0 Å². The molecule has 1 unspecified atom stereocenters. The Bertz CT molecular complexity index is 344. The van der Waals surface area contributed by atoms with Crippen LogP contribution in [0.2, 0.25) is 0 Å². The lowest BCUT2D eigenvalue weighted by Crippen LogP contribution is -2.49. The first-order valence-electron chi connectivity index (χ1n) is 6.41. The Morgan fingerprint density at radius 1 is 1.33 bits per heavy atom. The third kappa shape index (κ3) is 2.91. The molecule has 0 aromatic heterocycles. The molecule has 1 saturated carbocycles. The summed E-state index contributed by atoms with van der Waals surface area (Å²) >= 11 is 1.85. The summed E-state index contributed by atoms with van der Waals surface area (Å²) in [5.74, 6) is -0.910. The number of hydrogen-bond donors (Lipinski definition) is 2. The largest absolute Gasteiger partial charge is 0.480 e. The molecule has 0 radical (unpaired) electrons. The molecule has 2 fully saturated rings. The standard InChI is InChI=1S/C12H20N2O3S/c1-18-9-3-2-7-14(8-4-9)11(17)13-12(5-6-12)10(15)16/h9H,2-8H2,1H3,(H,13,17)(H,15,16). The molecule has 2 N–H and O–H groups in total. The molecule has 1 atom stereocenters. The summed E-state index contributed by atoms with van der Waals surface area (Å²) < 4.78 is 0. The molecule has 1 aliphatic heterocycles. The van der Waals surface area contributed by atoms with Gasteiger partial charge in [0.15, 0.2) is 0 Å². The SMILES string of the molecule is CSC1CCCN(C(=O)NC2(C(=O)O)CC2)CC1. The Morgan fingerprint density at radius 3 is 2.61 bits per heavy atom. The van der Waals surface area contributed by atoms with Crippen LogP contribution in [0.25, 0.3) is 0 Å². The molecule has 1 heterocycles. The van der Waals surface area contributed by atoms with Crippen LogP contribution in [0.4, 0.5) is 4.79 Å². The maximum atomic E-state index is 12.1. The van der Waals surface area contributed by atoms with Gasteiger partial charge in [0.2, 0.25) is 0 Å². The molecule has 0 aromatic rings. The maximum Gasteiger partial charge on any atom is 0.329 e. The van der Waals surface area contributed by atoms with Gasteiger partial charge in [-0.25, -0.2) is 9.59 Å². The highest BCUT2D eigenvalue weighted by Gasteiger charge is 2.52. The number of carboxylic acid groups (broad SMARTS) is 1. The van der Waals surface area contributed by atoms with Gasteiger partial charge >= 0.3 is 12.0 Å². The quantitative estimate of drug-likeness (QED) is 0.817. The van der Waals surface area contributed by atoms with Gasteiger partial charge in [-0.2, -0.15) is 11.8 Å². The molecule has 0 aromatic carbocycles. The molecular weight excluding hydrogens is 252 g/mol. The lowest BCUT2D eigenvalue weighted by atomic mass is 10.2. The summed E-state index contributed by atoms with van der Waals surface area (Å²) in [5.41, 5.74) is -0.970. The molecule has 102 valence electrons. The molecule has 2 amide bonds. The number of carbonyl (C=O) groups is 2. The summed E-state index contributed by atoms with van der Waals surface area (Å²) in [4.78, 5) is 24.8. The van der Waals surface area contributed by atoms with Crippen molar-refractivity contribution in [3.8, 4) is 0 Å². The molecule has 18 heavy (non-hydrogen) atoms. The van der Waals surface area contributed by atoms with Crippen LogP contribution in [0.3, 0.4) is 0 Å². The number of nitrogens with one attached hydrogen (secondary N) is 1. The van der Waals surface area contributed by atoms with E-state index in [0.29, 0.717) is 18.1 Å². The van der Waals surface area contributed by atoms with E-state index in [1.165, 1.54) is 0 Å². The number of carboxylic acids is 1. The van der Waals surface area contributed by atoms with E-state index in [2.05, 4.69) is 11.6 Å². The van der Waals surface area contributed by atoms with Crippen molar-refractivity contribution in [3.63, 3.8) is 0 Å². The number of hydrogen-bond acceptors (Lipinski definition) is 3. The summed E-state index contributed by atoms with van der Waals surface area (Å²) in [7, 11) is 0. The van der Waals surface area contributed by atoms with Crippen molar-refractivity contribution in [2.75, 3.05) is 19.3 Å². The minimum absolute atomic E-state index is 0.211. The van der Waals surface area contributed by atoms with Gasteiger partial charge in [0, 0.05) is 18.3 Å². The molecule has 2 aliphatic rings. The third-order valence-electron chi connectivity index (χ3n) is 3.80. The van der Waals surface area contributed by atoms with E-state index in [4.69, 9.17) is 5.11 Å². The van der Waals surface area contributed by atoms with Crippen molar-refractivity contribution in [3.05, 3.63) is 0 Å². The Hall–Kier alpha value is -0.910. The van der Waals surface area contributed by atoms with Crippen LogP contribution < -0.4 is 5.32 Å². The van der Waals surface area contributed by atoms with E-state index in [9.17, 15) is 9.59 Å². The Labute approximate surface area is 111 Å². The highest BCUT2D eigenvalue weighted by Crippen LogP contribution is 2.35. The van der Waals surface area contributed by atoms with Crippen LogP contribution >= 0.6 is 11.8 Å². The lowest BCUT2D eigenvalue weighted by molar-refractivity contribution is -0.140. The second kappa shape index (κ2) is 5.38. The zero-order valence-corrected chi connectivity index (χ0v) is 11.5. The van der Waals surface area contributed by atoms with Crippen LogP contribution in [0.1, 0.15) is 32.1 Å². The molecule has 0 spiro atoms. The van der Waals surface area contributed by atoms with E-state index in [-0.39, 0.29) is 6.03 Å². The molecule has 1 saturated heterocycles. The van der Waals surface area contributed by atoms with Crippen LogP contribution in [0.5, 0.6) is 0 Å². The predicted molar refractivity (Wildman–Crippen MR) is 70.9 cm³/mol. The minimum Gasteiger partial charge on any atom is -0.480 e. The second-order valence-corrected chi connectivity index (χ2v) is 6.23. The average molecular weight is 272 g/mol. The van der Waals surface area contributed by atoms with Gasteiger partial charge in [-0.05, 0) is 38.4 Å². The number of amides is 2. The van der Waals surface area contributed by atoms with Gasteiger partial charge in [0.05, 0.1) is 0 Å². The maximum absolute atomic E-state index is 12.1. The fraction of sp³-hybridized carbons (Fsp3) is 0.833. The molecule has 2 rings (SSSR count). The zero-order valence-electron chi connectivity index (χ0n) is 10.6. The minimum atomic E-state index is -0.970. The number of rotatable bonds is 3. The van der Waals surface area contributed by atoms with Gasteiger partial charge in [-0.3, -0.25) is 0 Å². The number of thioether (sulfide) groups is 1. The molecule has 0 bridgehead atoms. The molecular formula is C12H20N2O3S. The van der Waals surface area contributed by atoms with Gasteiger partial charge < -0.3 is 15.3 Å². The van der Waals surface area contributed by atoms with Crippen molar-refractivity contribution in [2.24, 2.45) is 0 Å². The van der Waals surface area contributed by atoms with Crippen LogP contribution in [-0.4, -0.2) is 52.1 Å². The Morgan fingerprint density at radius 2 is 2.06 bits per heavy atom. The van der Waals surface area contributed by atoms with Gasteiger partial charge in [0.1, 0.15) is 5.54 Å². The van der Waals surface area contributed by atoms with E-state index in [0.717, 1.165) is 32.4 Å². The highest BCUT2D eigenvalue weighted by molar-refractivity contribution is 7.99. The fourth-order valence-electron chi connectivity index (χ4n) is 2.31. The van der Waals surface area contributed by atoms with Gasteiger partial charge in [0.25, 0.3) is 0 Å². The summed E-state index contributed by atoms with van der Waals surface area (Å²) in [6.45, 7) is 1.46. The van der Waals surface area contributed by atoms with Gasteiger partial charge in [-0.15, -0.1) is 0 Å². The van der Waals surface area contributed by atoms with E-state index in [1.54, 1.807) is 4.90 Å². The first-order chi connectivity index (χ1) is 8.57. The Kier molecular flexibility index (Phi) is 4.04. The number of urea groups is 1. The molecule has 5 nitrogen and oxygen atoms in total. The number of aliphatic carboxylic acids is 1. The van der Waals surface area contributed by atoms with Crippen molar-refractivity contribution >= 4 is 23.8 Å². The van der Waals surface area contributed by atoms with Crippen molar-refractivity contribution < 1.29 is 14.7 Å². The predicted octanol–water partition coefficient (Wildman–Crippen LogP) is 1.53. The van der Waals surface area contributed by atoms with Crippen molar-refractivity contribution in [1.29, 1.82) is 0 Å². The van der Waals surface area contributed by atoms with Gasteiger partial charge in [-0.1, -0.05) is 0 Å². The number of likely N-dealkylation sites (tertiary alicyclic amines) is 1. The molecule has 1 aliphatic carbocycles. The summed E-state index contributed by atoms with van der Waals surface area (Å²) in [5, 5.41) is 12.4. The Balaban J connectivity index is 1.87. The highest BCUT2D eigenvalue weighted by atomic mass is 32.2. The smallest absolute Gasteiger partial charge is 0.329 e. The fourth-order valence-corrected chi connectivity index (χ4v) is 3.05. The van der Waals surface area contributed by atoms with E-state index < -0.39 is 11.5 Å². The lowest BCUT2D eigenvalue weighted by Gasteiger charge is -2.23. The van der Waals surface area contributed by atoms with Crippen LogP contribution in [0, 0.1) is 0 Å². The monoisotopic (exact) mass is 272 g/mol. The van der Waals surface area contributed by atoms with Crippen LogP contribution in [0.15, 0.2) is 0 Å². The average Bonchev–Trinajstić information content (AvgIpc) is 3.12. The summed E-state index contributed by atoms with van der Waals surface area (Å²) in [6, 6.07) is -0.211. The third-order valence-corrected chi connectivity index (χ3v) is 4.94. The second-order valence-electron chi connectivity index (χ2n) is 5.09. The zero-order chi connectivity index (χ0) is 13.2. The molecule has 6 heteroatoms.